The summed E-state index contributed by atoms with van der Waals surface area (Å²) in [6.07, 6.45) is 1.15. The molecular weight excluding hydrogens is 262 g/mol. The molecule has 1 aromatic rings. The van der Waals surface area contributed by atoms with Gasteiger partial charge in [0.15, 0.2) is 0 Å². The van der Waals surface area contributed by atoms with Crippen LogP contribution in [0.15, 0.2) is 18.2 Å². The highest BCUT2D eigenvalue weighted by Crippen LogP contribution is 2.31. The summed E-state index contributed by atoms with van der Waals surface area (Å²) < 4.78 is 10.4. The molecular formula is C14H17NO5. The molecule has 1 fully saturated rings. The van der Waals surface area contributed by atoms with E-state index in [1.165, 1.54) is 19.1 Å². The van der Waals surface area contributed by atoms with Crippen LogP contribution in [-0.2, 0) is 4.79 Å². The molecule has 1 atom stereocenters. The Morgan fingerprint density at radius 1 is 1.25 bits per heavy atom. The number of nitrogens with zero attached hydrogens (tertiary/aromatic N) is 1. The van der Waals surface area contributed by atoms with Crippen molar-refractivity contribution in [2.45, 2.75) is 18.9 Å². The number of methoxy groups -OCH3 is 2. The Labute approximate surface area is 116 Å². The zero-order valence-electron chi connectivity index (χ0n) is 11.5. The van der Waals surface area contributed by atoms with E-state index in [-0.39, 0.29) is 11.5 Å². The van der Waals surface area contributed by atoms with Crippen LogP contribution in [0, 0.1) is 0 Å². The molecule has 1 aliphatic heterocycles. The predicted octanol–water partition coefficient (Wildman–Crippen LogP) is 1.39. The summed E-state index contributed by atoms with van der Waals surface area (Å²) in [5, 5.41) is 9.18. The van der Waals surface area contributed by atoms with Crippen molar-refractivity contribution in [3.8, 4) is 11.5 Å². The molecule has 0 spiro atoms. The maximum atomic E-state index is 12.6. The van der Waals surface area contributed by atoms with E-state index in [2.05, 4.69) is 0 Å². The Bertz CT molecular complexity index is 506. The van der Waals surface area contributed by atoms with E-state index in [4.69, 9.17) is 9.47 Å². The molecule has 6 nitrogen and oxygen atoms in total. The number of carbonyl (C=O) groups is 2. The van der Waals surface area contributed by atoms with Crippen LogP contribution in [0.4, 0.5) is 0 Å². The van der Waals surface area contributed by atoms with Crippen LogP contribution in [0.2, 0.25) is 0 Å². The molecule has 0 bridgehead atoms. The Kier molecular flexibility index (Phi) is 4.12. The molecule has 1 N–H and O–H groups in total. The monoisotopic (exact) mass is 279 g/mol. The van der Waals surface area contributed by atoms with Crippen LogP contribution >= 0.6 is 0 Å². The average molecular weight is 279 g/mol. The zero-order valence-corrected chi connectivity index (χ0v) is 11.5. The molecule has 0 aliphatic carbocycles. The lowest BCUT2D eigenvalue weighted by Crippen LogP contribution is -2.40. The number of likely N-dealkylation sites (tertiary alicyclic amines) is 1. The number of carbonyl (C=O) groups excluding carboxylic acids is 1. The fraction of sp³-hybridized carbons (Fsp3) is 0.429. The van der Waals surface area contributed by atoms with Crippen LogP contribution < -0.4 is 9.47 Å². The van der Waals surface area contributed by atoms with Gasteiger partial charge in [-0.1, -0.05) is 6.07 Å². The van der Waals surface area contributed by atoms with Gasteiger partial charge in [0.2, 0.25) is 0 Å². The molecule has 6 heteroatoms. The Morgan fingerprint density at radius 2 is 1.85 bits per heavy atom. The summed E-state index contributed by atoms with van der Waals surface area (Å²) in [5.41, 5.74) is 0.269. The average Bonchev–Trinajstić information content (AvgIpc) is 2.95. The highest BCUT2D eigenvalue weighted by molar-refractivity contribution is 6.01. The molecule has 0 saturated carbocycles. The van der Waals surface area contributed by atoms with Crippen LogP contribution in [-0.4, -0.2) is 48.7 Å². The fourth-order valence-electron chi connectivity index (χ4n) is 2.47. The lowest BCUT2D eigenvalue weighted by Gasteiger charge is -2.23. The number of hydrogen-bond donors (Lipinski definition) is 1. The van der Waals surface area contributed by atoms with Crippen molar-refractivity contribution in [3.05, 3.63) is 23.8 Å². The van der Waals surface area contributed by atoms with E-state index in [1.54, 1.807) is 18.2 Å². The zero-order chi connectivity index (χ0) is 14.7. The van der Waals surface area contributed by atoms with Gasteiger partial charge in [-0.2, -0.15) is 0 Å². The van der Waals surface area contributed by atoms with E-state index in [1.807, 2.05) is 0 Å². The second-order valence-electron chi connectivity index (χ2n) is 4.53. The van der Waals surface area contributed by atoms with Crippen molar-refractivity contribution in [1.29, 1.82) is 0 Å². The molecule has 0 unspecified atom stereocenters. The van der Waals surface area contributed by atoms with Crippen molar-refractivity contribution in [2.75, 3.05) is 20.8 Å². The van der Waals surface area contributed by atoms with Crippen molar-refractivity contribution in [1.82, 2.24) is 4.90 Å². The van der Waals surface area contributed by atoms with Gasteiger partial charge in [0.25, 0.3) is 5.91 Å². The van der Waals surface area contributed by atoms with Crippen molar-refractivity contribution in [2.24, 2.45) is 0 Å². The van der Waals surface area contributed by atoms with Crippen molar-refractivity contribution in [3.63, 3.8) is 0 Å². The first-order valence-electron chi connectivity index (χ1n) is 6.35. The molecule has 2 rings (SSSR count). The van der Waals surface area contributed by atoms with Gasteiger partial charge in [-0.05, 0) is 25.0 Å². The van der Waals surface area contributed by atoms with Gasteiger partial charge in [0, 0.05) is 6.54 Å². The molecule has 108 valence electrons. The molecule has 0 aromatic heterocycles. The van der Waals surface area contributed by atoms with E-state index in [0.717, 1.165) is 0 Å². The van der Waals surface area contributed by atoms with Crippen LogP contribution in [0.25, 0.3) is 0 Å². The Balaban J connectivity index is 2.40. The summed E-state index contributed by atoms with van der Waals surface area (Å²) in [5.74, 6) is -0.593. The van der Waals surface area contributed by atoms with Gasteiger partial charge in [0.1, 0.15) is 23.1 Å². The minimum atomic E-state index is -0.982. The number of carboxylic acids is 1. The number of hydrogen-bond acceptors (Lipinski definition) is 4. The first-order valence-corrected chi connectivity index (χ1v) is 6.35. The standard InChI is InChI=1S/C14H17NO5/c1-19-10-6-3-7-11(20-2)12(10)13(16)15-8-4-5-9(15)14(17)18/h3,6-7,9H,4-5,8H2,1-2H3,(H,17,18)/t9-/m0/s1. The van der Waals surface area contributed by atoms with Gasteiger partial charge >= 0.3 is 5.97 Å². The summed E-state index contributed by atoms with van der Waals surface area (Å²) >= 11 is 0. The number of benzene rings is 1. The maximum Gasteiger partial charge on any atom is 0.326 e. The molecule has 0 radical (unpaired) electrons. The number of carboxylic acid groups (broad SMARTS) is 1. The highest BCUT2D eigenvalue weighted by Gasteiger charge is 2.36. The topological polar surface area (TPSA) is 76.1 Å². The molecule has 1 amide bonds. The normalized spacial score (nSPS) is 17.9. The third-order valence-electron chi connectivity index (χ3n) is 3.44. The molecule has 1 aliphatic rings. The third kappa shape index (κ3) is 2.41. The minimum Gasteiger partial charge on any atom is -0.496 e. The summed E-state index contributed by atoms with van der Waals surface area (Å²) in [7, 11) is 2.93. The van der Waals surface area contributed by atoms with Gasteiger partial charge in [-0.25, -0.2) is 4.79 Å². The van der Waals surface area contributed by atoms with Gasteiger partial charge < -0.3 is 19.5 Å². The highest BCUT2D eigenvalue weighted by atomic mass is 16.5. The first-order chi connectivity index (χ1) is 9.60. The lowest BCUT2D eigenvalue weighted by atomic mass is 10.1. The van der Waals surface area contributed by atoms with E-state index >= 15 is 0 Å². The number of rotatable bonds is 4. The largest absolute Gasteiger partial charge is 0.496 e. The molecule has 1 saturated heterocycles. The minimum absolute atomic E-state index is 0.269. The summed E-state index contributed by atoms with van der Waals surface area (Å²) in [4.78, 5) is 25.2. The Morgan fingerprint density at radius 3 is 2.35 bits per heavy atom. The van der Waals surface area contributed by atoms with Crippen LogP contribution in [0.5, 0.6) is 11.5 Å². The van der Waals surface area contributed by atoms with Crippen LogP contribution in [0.3, 0.4) is 0 Å². The second kappa shape index (κ2) is 5.81. The SMILES string of the molecule is COc1cccc(OC)c1C(=O)N1CCC[C@H]1C(=O)O. The van der Waals surface area contributed by atoms with Gasteiger partial charge in [0.05, 0.1) is 14.2 Å². The van der Waals surface area contributed by atoms with Gasteiger partial charge in [-0.3, -0.25) is 4.79 Å². The Hall–Kier alpha value is -2.24. The molecule has 1 aromatic carbocycles. The smallest absolute Gasteiger partial charge is 0.326 e. The number of ether oxygens (including phenoxy) is 2. The van der Waals surface area contributed by atoms with E-state index < -0.39 is 12.0 Å². The first kappa shape index (κ1) is 14.2. The van der Waals surface area contributed by atoms with E-state index in [0.29, 0.717) is 30.9 Å². The molecule has 1 heterocycles. The van der Waals surface area contributed by atoms with Crippen molar-refractivity contribution < 1.29 is 24.2 Å². The van der Waals surface area contributed by atoms with Gasteiger partial charge in [-0.15, -0.1) is 0 Å². The van der Waals surface area contributed by atoms with Crippen LogP contribution in [0.1, 0.15) is 23.2 Å². The van der Waals surface area contributed by atoms with Crippen molar-refractivity contribution >= 4 is 11.9 Å². The lowest BCUT2D eigenvalue weighted by molar-refractivity contribution is -0.141. The third-order valence-corrected chi connectivity index (χ3v) is 3.44. The molecule has 20 heavy (non-hydrogen) atoms. The fourth-order valence-corrected chi connectivity index (χ4v) is 2.47. The number of amides is 1. The van der Waals surface area contributed by atoms with E-state index in [9.17, 15) is 14.7 Å². The maximum absolute atomic E-state index is 12.6. The summed E-state index contributed by atoms with van der Waals surface area (Å²) in [6.45, 7) is 0.428. The predicted molar refractivity (Wildman–Crippen MR) is 71.2 cm³/mol. The quantitative estimate of drug-likeness (QED) is 0.901. The second-order valence-corrected chi connectivity index (χ2v) is 4.53. The summed E-state index contributed by atoms with van der Waals surface area (Å²) in [6, 6.07) is 4.24. The number of aliphatic carboxylic acids is 1.